The molecule has 2 aromatic carbocycles. The predicted molar refractivity (Wildman–Crippen MR) is 129 cm³/mol. The van der Waals surface area contributed by atoms with Gasteiger partial charge in [0.15, 0.2) is 4.96 Å². The summed E-state index contributed by atoms with van der Waals surface area (Å²) in [7, 11) is 0. The molecule has 0 bridgehead atoms. The standard InChI is InChI=1S/C24H29N5OS/c1-3-28(4-2)13-5-12-26-23(30)19-10-11-21-20(14-19)27-24-29(21)16-22(31-24)18-8-6-17(15-25)7-9-18/h6-11,14,16H,3-5,12-13,15,25H2,1-2H3,(H,26,30). The van der Waals surface area contributed by atoms with E-state index in [0.717, 1.165) is 58.1 Å². The van der Waals surface area contributed by atoms with Crippen molar-refractivity contribution >= 4 is 33.2 Å². The molecule has 0 saturated carbocycles. The summed E-state index contributed by atoms with van der Waals surface area (Å²) in [6.07, 6.45) is 3.06. The zero-order valence-corrected chi connectivity index (χ0v) is 18.9. The Balaban J connectivity index is 1.47. The van der Waals surface area contributed by atoms with Gasteiger partial charge < -0.3 is 16.0 Å². The van der Waals surface area contributed by atoms with Gasteiger partial charge in [0.2, 0.25) is 0 Å². The van der Waals surface area contributed by atoms with Crippen molar-refractivity contribution < 1.29 is 4.79 Å². The number of carbonyl (C=O) groups excluding carboxylic acids is 1. The summed E-state index contributed by atoms with van der Waals surface area (Å²) >= 11 is 1.64. The average molecular weight is 436 g/mol. The molecule has 2 heterocycles. The summed E-state index contributed by atoms with van der Waals surface area (Å²) in [5.74, 6) is -0.0431. The molecule has 0 aliphatic heterocycles. The molecule has 3 N–H and O–H groups in total. The van der Waals surface area contributed by atoms with E-state index >= 15 is 0 Å². The number of amides is 1. The SMILES string of the molecule is CCN(CC)CCCNC(=O)c1ccc2c(c1)nc1sc(-c3ccc(CN)cc3)cn12. The second kappa shape index (κ2) is 9.60. The lowest BCUT2D eigenvalue weighted by Gasteiger charge is -2.17. The van der Waals surface area contributed by atoms with Gasteiger partial charge in [-0.1, -0.05) is 49.4 Å². The number of thiazole rings is 1. The quantitative estimate of drug-likeness (QED) is 0.388. The second-order valence-electron chi connectivity index (χ2n) is 7.60. The number of benzene rings is 2. The van der Waals surface area contributed by atoms with Crippen molar-refractivity contribution in [3.63, 3.8) is 0 Å². The number of rotatable bonds is 9. The molecule has 2 aromatic heterocycles. The largest absolute Gasteiger partial charge is 0.352 e. The van der Waals surface area contributed by atoms with Crippen LogP contribution in [0.1, 0.15) is 36.2 Å². The van der Waals surface area contributed by atoms with Crippen molar-refractivity contribution in [1.29, 1.82) is 0 Å². The molecule has 0 spiro atoms. The summed E-state index contributed by atoms with van der Waals surface area (Å²) in [6.45, 7) is 8.63. The lowest BCUT2D eigenvalue weighted by molar-refractivity contribution is 0.0952. The third-order valence-electron chi connectivity index (χ3n) is 5.67. The van der Waals surface area contributed by atoms with Crippen LogP contribution in [0.15, 0.2) is 48.7 Å². The molecule has 4 rings (SSSR count). The minimum absolute atomic E-state index is 0.0431. The summed E-state index contributed by atoms with van der Waals surface area (Å²) < 4.78 is 2.10. The van der Waals surface area contributed by atoms with Crippen LogP contribution >= 0.6 is 11.3 Å². The van der Waals surface area contributed by atoms with E-state index in [4.69, 9.17) is 10.7 Å². The van der Waals surface area contributed by atoms with Crippen molar-refractivity contribution in [3.8, 4) is 10.4 Å². The van der Waals surface area contributed by atoms with Gasteiger partial charge in [0.1, 0.15) is 0 Å². The van der Waals surface area contributed by atoms with Crippen molar-refractivity contribution in [3.05, 3.63) is 59.8 Å². The van der Waals surface area contributed by atoms with Gasteiger partial charge in [0, 0.05) is 24.8 Å². The van der Waals surface area contributed by atoms with Gasteiger partial charge in [0.05, 0.1) is 15.9 Å². The number of carbonyl (C=O) groups is 1. The van der Waals surface area contributed by atoms with Gasteiger partial charge >= 0.3 is 0 Å². The van der Waals surface area contributed by atoms with Crippen molar-refractivity contribution in [2.24, 2.45) is 5.73 Å². The van der Waals surface area contributed by atoms with Gasteiger partial charge in [-0.05, 0) is 55.4 Å². The van der Waals surface area contributed by atoms with Crippen molar-refractivity contribution in [1.82, 2.24) is 19.6 Å². The minimum atomic E-state index is -0.0431. The number of nitrogens with zero attached hydrogens (tertiary/aromatic N) is 3. The highest BCUT2D eigenvalue weighted by atomic mass is 32.1. The minimum Gasteiger partial charge on any atom is -0.352 e. The molecule has 0 saturated heterocycles. The van der Waals surface area contributed by atoms with Crippen LogP contribution in [0.4, 0.5) is 0 Å². The van der Waals surface area contributed by atoms with Gasteiger partial charge in [-0.25, -0.2) is 4.98 Å². The van der Waals surface area contributed by atoms with E-state index < -0.39 is 0 Å². The molecule has 0 radical (unpaired) electrons. The lowest BCUT2D eigenvalue weighted by atomic mass is 10.1. The molecule has 0 unspecified atom stereocenters. The van der Waals surface area contributed by atoms with E-state index in [1.165, 1.54) is 0 Å². The molecule has 4 aromatic rings. The number of imidazole rings is 1. The van der Waals surface area contributed by atoms with Crippen LogP contribution in [0.3, 0.4) is 0 Å². The normalized spacial score (nSPS) is 11.6. The van der Waals surface area contributed by atoms with Gasteiger partial charge in [0.25, 0.3) is 5.91 Å². The van der Waals surface area contributed by atoms with Crippen LogP contribution in [0.25, 0.3) is 26.4 Å². The number of nitrogens with one attached hydrogen (secondary N) is 1. The summed E-state index contributed by atoms with van der Waals surface area (Å²) in [5.41, 5.74) is 10.5. The molecule has 0 aliphatic rings. The number of hydrogen-bond donors (Lipinski definition) is 2. The van der Waals surface area contributed by atoms with Gasteiger partial charge in [-0.15, -0.1) is 0 Å². The Labute approximate surface area is 186 Å². The molecule has 1 amide bonds. The molecule has 0 fully saturated rings. The van der Waals surface area contributed by atoms with Crippen LogP contribution in [-0.4, -0.2) is 46.4 Å². The van der Waals surface area contributed by atoms with Gasteiger partial charge in [-0.3, -0.25) is 9.20 Å². The zero-order chi connectivity index (χ0) is 21.8. The highest BCUT2D eigenvalue weighted by molar-refractivity contribution is 7.20. The van der Waals surface area contributed by atoms with Gasteiger partial charge in [-0.2, -0.15) is 0 Å². The van der Waals surface area contributed by atoms with E-state index in [1.54, 1.807) is 11.3 Å². The Morgan fingerprint density at radius 2 is 1.94 bits per heavy atom. The van der Waals surface area contributed by atoms with Crippen LogP contribution in [0, 0.1) is 0 Å². The maximum atomic E-state index is 12.6. The molecule has 162 valence electrons. The first-order valence-electron chi connectivity index (χ1n) is 10.8. The maximum absolute atomic E-state index is 12.6. The zero-order valence-electron chi connectivity index (χ0n) is 18.1. The molecule has 31 heavy (non-hydrogen) atoms. The van der Waals surface area contributed by atoms with Crippen LogP contribution in [-0.2, 0) is 6.54 Å². The Bertz CT molecular complexity index is 1170. The first-order chi connectivity index (χ1) is 15.1. The number of fused-ring (bicyclic) bond motifs is 3. The second-order valence-corrected chi connectivity index (χ2v) is 8.61. The fourth-order valence-corrected chi connectivity index (χ4v) is 4.74. The summed E-state index contributed by atoms with van der Waals surface area (Å²) in [4.78, 5) is 21.7. The molecular weight excluding hydrogens is 406 g/mol. The lowest BCUT2D eigenvalue weighted by Crippen LogP contribution is -2.29. The van der Waals surface area contributed by atoms with Crippen molar-refractivity contribution in [2.45, 2.75) is 26.8 Å². The highest BCUT2D eigenvalue weighted by Crippen LogP contribution is 2.31. The van der Waals surface area contributed by atoms with E-state index in [2.05, 4.69) is 58.9 Å². The summed E-state index contributed by atoms with van der Waals surface area (Å²) in [6, 6.07) is 14.0. The molecule has 0 atom stereocenters. The molecular formula is C24H29N5OS. The first-order valence-corrected chi connectivity index (χ1v) is 11.7. The first kappa shape index (κ1) is 21.5. The number of aromatic nitrogens is 2. The molecule has 6 nitrogen and oxygen atoms in total. The third-order valence-corrected chi connectivity index (χ3v) is 6.70. The predicted octanol–water partition coefficient (Wildman–Crippen LogP) is 4.14. The number of nitrogens with two attached hydrogens (primary N) is 1. The van der Waals surface area contributed by atoms with E-state index in [-0.39, 0.29) is 5.91 Å². The Morgan fingerprint density at radius 1 is 1.16 bits per heavy atom. The van der Waals surface area contributed by atoms with Crippen LogP contribution in [0.5, 0.6) is 0 Å². The van der Waals surface area contributed by atoms with Crippen molar-refractivity contribution in [2.75, 3.05) is 26.2 Å². The maximum Gasteiger partial charge on any atom is 0.251 e. The fraction of sp³-hybridized carbons (Fsp3) is 0.333. The van der Waals surface area contributed by atoms with E-state index in [9.17, 15) is 4.79 Å². The number of hydrogen-bond acceptors (Lipinski definition) is 5. The van der Waals surface area contributed by atoms with E-state index in [1.807, 2.05) is 18.2 Å². The molecule has 7 heteroatoms. The highest BCUT2D eigenvalue weighted by Gasteiger charge is 2.13. The van der Waals surface area contributed by atoms with Crippen LogP contribution < -0.4 is 11.1 Å². The Hall–Kier alpha value is -2.74. The van der Waals surface area contributed by atoms with Crippen LogP contribution in [0.2, 0.25) is 0 Å². The Morgan fingerprint density at radius 3 is 2.65 bits per heavy atom. The summed E-state index contributed by atoms with van der Waals surface area (Å²) in [5, 5.41) is 3.03. The van der Waals surface area contributed by atoms with E-state index in [0.29, 0.717) is 18.7 Å². The Kier molecular flexibility index (Phi) is 6.65. The average Bonchev–Trinajstić information content (AvgIpc) is 3.36. The third kappa shape index (κ3) is 4.63. The fourth-order valence-electron chi connectivity index (χ4n) is 3.74. The monoisotopic (exact) mass is 435 g/mol. The molecule has 0 aliphatic carbocycles. The topological polar surface area (TPSA) is 75.7 Å². The smallest absolute Gasteiger partial charge is 0.251 e.